The van der Waals surface area contributed by atoms with Gasteiger partial charge in [-0.1, -0.05) is 29.8 Å². The van der Waals surface area contributed by atoms with Crippen LogP contribution in [0.1, 0.15) is 22.5 Å². The molecule has 0 aliphatic carbocycles. The van der Waals surface area contributed by atoms with Gasteiger partial charge in [-0.15, -0.1) is 0 Å². The highest BCUT2D eigenvalue weighted by atomic mass is 35.5. The number of hydrogen-bond acceptors (Lipinski definition) is 3. The number of esters is 1. The molecule has 5 heteroatoms. The summed E-state index contributed by atoms with van der Waals surface area (Å²) in [5.41, 5.74) is 3.77. The van der Waals surface area contributed by atoms with Crippen molar-refractivity contribution >= 4 is 23.6 Å². The number of methoxy groups -OCH3 is 1. The third-order valence-corrected chi connectivity index (χ3v) is 3.67. The van der Waals surface area contributed by atoms with Crippen LogP contribution in [0.3, 0.4) is 0 Å². The van der Waals surface area contributed by atoms with Crippen LogP contribution in [0.5, 0.6) is 0 Å². The minimum atomic E-state index is -0.382. The van der Waals surface area contributed by atoms with Crippen molar-refractivity contribution in [2.45, 2.75) is 20.4 Å². The molecule has 0 aliphatic heterocycles. The van der Waals surface area contributed by atoms with Gasteiger partial charge in [0, 0.05) is 22.4 Å². The number of hydrogen-bond donors (Lipinski definition) is 0. The lowest BCUT2D eigenvalue weighted by molar-refractivity contribution is -0.134. The van der Waals surface area contributed by atoms with E-state index in [1.807, 2.05) is 42.8 Å². The van der Waals surface area contributed by atoms with Gasteiger partial charge in [0.25, 0.3) is 0 Å². The summed E-state index contributed by atoms with van der Waals surface area (Å²) >= 11 is 6.18. The average molecular weight is 305 g/mol. The summed E-state index contributed by atoms with van der Waals surface area (Å²) < 4.78 is 6.48. The predicted molar refractivity (Wildman–Crippen MR) is 83.3 cm³/mol. The Labute approximate surface area is 129 Å². The van der Waals surface area contributed by atoms with Crippen molar-refractivity contribution < 1.29 is 9.53 Å². The molecule has 0 unspecified atom stereocenters. The summed E-state index contributed by atoms with van der Waals surface area (Å²) in [5, 5.41) is 5.22. The molecular formula is C16H17ClN2O2. The van der Waals surface area contributed by atoms with E-state index < -0.39 is 0 Å². The minimum Gasteiger partial charge on any atom is -0.466 e. The molecule has 0 spiro atoms. The third kappa shape index (κ3) is 3.52. The zero-order chi connectivity index (χ0) is 15.4. The molecule has 1 heterocycles. The first-order valence-corrected chi connectivity index (χ1v) is 6.94. The fourth-order valence-corrected chi connectivity index (χ4v) is 2.31. The van der Waals surface area contributed by atoms with Crippen molar-refractivity contribution in [1.29, 1.82) is 0 Å². The second-order valence-electron chi connectivity index (χ2n) is 4.69. The maximum atomic E-state index is 11.2. The number of carbonyl (C=O) groups excluding carboxylic acids is 1. The van der Waals surface area contributed by atoms with Gasteiger partial charge in [-0.2, -0.15) is 5.10 Å². The van der Waals surface area contributed by atoms with E-state index in [9.17, 15) is 4.79 Å². The Morgan fingerprint density at radius 2 is 2.10 bits per heavy atom. The molecule has 1 aromatic carbocycles. The second kappa shape index (κ2) is 6.59. The Bertz CT molecular complexity index is 690. The van der Waals surface area contributed by atoms with Crippen LogP contribution in [0.25, 0.3) is 6.08 Å². The SMILES string of the molecule is COC(=O)/C=C/c1c(C)nn(Cc2ccccc2Cl)c1C. The summed E-state index contributed by atoms with van der Waals surface area (Å²) in [6.07, 6.45) is 3.13. The quantitative estimate of drug-likeness (QED) is 0.642. The lowest BCUT2D eigenvalue weighted by Crippen LogP contribution is -2.04. The topological polar surface area (TPSA) is 44.1 Å². The van der Waals surface area contributed by atoms with Crippen LogP contribution in [0, 0.1) is 13.8 Å². The van der Waals surface area contributed by atoms with E-state index in [1.54, 1.807) is 6.08 Å². The Kier molecular flexibility index (Phi) is 4.81. The Balaban J connectivity index is 2.29. The van der Waals surface area contributed by atoms with Gasteiger partial charge < -0.3 is 4.74 Å². The molecule has 0 fully saturated rings. The largest absolute Gasteiger partial charge is 0.466 e. The van der Waals surface area contributed by atoms with Crippen molar-refractivity contribution in [2.24, 2.45) is 0 Å². The molecule has 0 bridgehead atoms. The molecule has 1 aromatic heterocycles. The van der Waals surface area contributed by atoms with Crippen LogP contribution in [-0.2, 0) is 16.1 Å². The number of carbonyl (C=O) groups is 1. The zero-order valence-corrected chi connectivity index (χ0v) is 13.0. The summed E-state index contributed by atoms with van der Waals surface area (Å²) in [4.78, 5) is 11.2. The molecule has 2 aromatic rings. The number of ether oxygens (including phenoxy) is 1. The van der Waals surface area contributed by atoms with Gasteiger partial charge in [0.2, 0.25) is 0 Å². The van der Waals surface area contributed by atoms with Crippen LogP contribution in [-0.4, -0.2) is 22.9 Å². The van der Waals surface area contributed by atoms with Crippen LogP contribution < -0.4 is 0 Å². The molecule has 4 nitrogen and oxygen atoms in total. The van der Waals surface area contributed by atoms with Crippen LogP contribution in [0.4, 0.5) is 0 Å². The zero-order valence-electron chi connectivity index (χ0n) is 12.3. The van der Waals surface area contributed by atoms with Crippen LogP contribution in [0.15, 0.2) is 30.3 Å². The molecule has 0 radical (unpaired) electrons. The Morgan fingerprint density at radius 3 is 2.76 bits per heavy atom. The predicted octanol–water partition coefficient (Wildman–Crippen LogP) is 3.39. The normalized spacial score (nSPS) is 11.0. The molecule has 0 N–H and O–H groups in total. The Hall–Kier alpha value is -2.07. The molecule has 0 aliphatic rings. The highest BCUT2D eigenvalue weighted by Gasteiger charge is 2.11. The van der Waals surface area contributed by atoms with E-state index in [0.29, 0.717) is 6.54 Å². The maximum Gasteiger partial charge on any atom is 0.330 e. The highest BCUT2D eigenvalue weighted by Crippen LogP contribution is 2.20. The second-order valence-corrected chi connectivity index (χ2v) is 5.10. The minimum absolute atomic E-state index is 0.382. The fourth-order valence-electron chi connectivity index (χ4n) is 2.11. The van der Waals surface area contributed by atoms with Gasteiger partial charge in [0.1, 0.15) is 0 Å². The number of halogens is 1. The van der Waals surface area contributed by atoms with Gasteiger partial charge in [0.05, 0.1) is 19.3 Å². The number of nitrogens with zero attached hydrogens (tertiary/aromatic N) is 2. The van der Waals surface area contributed by atoms with Gasteiger partial charge in [-0.25, -0.2) is 4.79 Å². The van der Waals surface area contributed by atoms with Crippen molar-refractivity contribution in [3.63, 3.8) is 0 Å². The first-order valence-electron chi connectivity index (χ1n) is 6.56. The maximum absolute atomic E-state index is 11.2. The summed E-state index contributed by atoms with van der Waals surface area (Å²) in [6.45, 7) is 4.47. The van der Waals surface area contributed by atoms with Gasteiger partial charge in [-0.3, -0.25) is 4.68 Å². The van der Waals surface area contributed by atoms with E-state index in [4.69, 9.17) is 11.6 Å². The standard InChI is InChI=1S/C16H17ClN2O2/c1-11-14(8-9-16(20)21-3)12(2)19(18-11)10-13-6-4-5-7-15(13)17/h4-9H,10H2,1-3H3/b9-8+. The summed E-state index contributed by atoms with van der Waals surface area (Å²) in [7, 11) is 1.35. The lowest BCUT2D eigenvalue weighted by Gasteiger charge is -2.06. The van der Waals surface area contributed by atoms with Crippen LogP contribution in [0.2, 0.25) is 5.02 Å². The molecular weight excluding hydrogens is 288 g/mol. The van der Waals surface area contributed by atoms with Crippen molar-refractivity contribution in [2.75, 3.05) is 7.11 Å². The van der Waals surface area contributed by atoms with E-state index in [-0.39, 0.29) is 5.97 Å². The summed E-state index contributed by atoms with van der Waals surface area (Å²) in [6, 6.07) is 7.69. The molecule has 21 heavy (non-hydrogen) atoms. The fraction of sp³-hybridized carbons (Fsp3) is 0.250. The molecule has 0 saturated heterocycles. The smallest absolute Gasteiger partial charge is 0.330 e. The highest BCUT2D eigenvalue weighted by molar-refractivity contribution is 6.31. The van der Waals surface area contributed by atoms with Gasteiger partial charge >= 0.3 is 5.97 Å². The van der Waals surface area contributed by atoms with Crippen molar-refractivity contribution in [3.8, 4) is 0 Å². The molecule has 0 atom stereocenters. The van der Waals surface area contributed by atoms with Gasteiger partial charge in [0.15, 0.2) is 0 Å². The van der Waals surface area contributed by atoms with Crippen LogP contribution >= 0.6 is 11.6 Å². The van der Waals surface area contributed by atoms with E-state index in [2.05, 4.69) is 9.84 Å². The molecule has 0 amide bonds. The molecule has 2 rings (SSSR count). The summed E-state index contributed by atoms with van der Waals surface area (Å²) in [5.74, 6) is -0.382. The van der Waals surface area contributed by atoms with Gasteiger partial charge in [-0.05, 0) is 31.6 Å². The number of aryl methyl sites for hydroxylation is 1. The molecule has 110 valence electrons. The average Bonchev–Trinajstić information content (AvgIpc) is 2.73. The van der Waals surface area contributed by atoms with E-state index in [1.165, 1.54) is 13.2 Å². The Morgan fingerprint density at radius 1 is 1.38 bits per heavy atom. The van der Waals surface area contributed by atoms with E-state index >= 15 is 0 Å². The van der Waals surface area contributed by atoms with E-state index in [0.717, 1.165) is 27.5 Å². The number of rotatable bonds is 4. The molecule has 0 saturated carbocycles. The lowest BCUT2D eigenvalue weighted by atomic mass is 10.1. The third-order valence-electron chi connectivity index (χ3n) is 3.30. The first kappa shape index (κ1) is 15.3. The first-order chi connectivity index (χ1) is 10.0. The van der Waals surface area contributed by atoms with Crippen molar-refractivity contribution in [1.82, 2.24) is 9.78 Å². The number of aromatic nitrogens is 2. The number of benzene rings is 1. The van der Waals surface area contributed by atoms with Crippen molar-refractivity contribution in [3.05, 3.63) is 57.9 Å². The monoisotopic (exact) mass is 304 g/mol.